The van der Waals surface area contributed by atoms with Crippen molar-refractivity contribution in [3.05, 3.63) is 0 Å². The molecule has 2 nitrogen and oxygen atoms in total. The van der Waals surface area contributed by atoms with Crippen molar-refractivity contribution >= 4 is 5.78 Å². The van der Waals surface area contributed by atoms with Crippen LogP contribution in [-0.4, -0.2) is 18.4 Å². The smallest absolute Gasteiger partial charge is 0.146 e. The van der Waals surface area contributed by atoms with Crippen LogP contribution >= 0.6 is 0 Å². The van der Waals surface area contributed by atoms with E-state index in [9.17, 15) is 4.79 Å². The third-order valence-electron chi connectivity index (χ3n) is 1.12. The molecule has 0 saturated heterocycles. The normalized spacial score (nSPS) is 13.4. The topological polar surface area (TPSA) is 29.1 Å². The summed E-state index contributed by atoms with van der Waals surface area (Å²) in [6.45, 7) is 6.30. The number of carbonyl (C=O) groups is 1. The standard InChI is InChI=1S/C6H13NO/c1-4-7-5(2)6(3)8/h5,7H,4H2,1-3H3/t5-/m1/s1. The van der Waals surface area contributed by atoms with E-state index in [1.54, 1.807) is 6.92 Å². The van der Waals surface area contributed by atoms with Gasteiger partial charge in [-0.05, 0) is 20.4 Å². The van der Waals surface area contributed by atoms with Crippen LogP contribution < -0.4 is 5.32 Å². The fourth-order valence-corrected chi connectivity index (χ4v) is 0.450. The highest BCUT2D eigenvalue weighted by atomic mass is 16.1. The van der Waals surface area contributed by atoms with Gasteiger partial charge in [0.05, 0.1) is 6.04 Å². The van der Waals surface area contributed by atoms with Crippen molar-refractivity contribution in [1.82, 2.24) is 5.32 Å². The molecule has 0 aliphatic carbocycles. The first-order valence-electron chi connectivity index (χ1n) is 2.92. The number of rotatable bonds is 3. The van der Waals surface area contributed by atoms with E-state index in [4.69, 9.17) is 0 Å². The van der Waals surface area contributed by atoms with Crippen LogP contribution in [-0.2, 0) is 4.79 Å². The first-order chi connectivity index (χ1) is 3.68. The van der Waals surface area contributed by atoms with E-state index >= 15 is 0 Å². The van der Waals surface area contributed by atoms with E-state index in [0.717, 1.165) is 6.54 Å². The lowest BCUT2D eigenvalue weighted by atomic mass is 10.2. The molecule has 0 aromatic rings. The Hall–Kier alpha value is -0.370. The molecule has 0 bridgehead atoms. The highest BCUT2D eigenvalue weighted by molar-refractivity contribution is 5.80. The molecule has 0 heterocycles. The SMILES string of the molecule is CCN[C@H](C)C(C)=O. The van der Waals surface area contributed by atoms with Gasteiger partial charge in [0.25, 0.3) is 0 Å². The minimum Gasteiger partial charge on any atom is -0.308 e. The Balaban J connectivity index is 3.32. The number of nitrogens with one attached hydrogen (secondary N) is 1. The largest absolute Gasteiger partial charge is 0.308 e. The Morgan fingerprint density at radius 3 is 2.38 bits per heavy atom. The Bertz CT molecular complexity index is 80.6. The van der Waals surface area contributed by atoms with Crippen molar-refractivity contribution in [3.63, 3.8) is 0 Å². The van der Waals surface area contributed by atoms with Crippen LogP contribution in [0.3, 0.4) is 0 Å². The summed E-state index contributed by atoms with van der Waals surface area (Å²) in [5, 5.41) is 3.00. The average Bonchev–Trinajstić information content (AvgIpc) is 1.67. The number of Topliss-reactive ketones (excluding diaryl/α,β-unsaturated/α-hetero) is 1. The summed E-state index contributed by atoms with van der Waals surface area (Å²) < 4.78 is 0. The van der Waals surface area contributed by atoms with Crippen molar-refractivity contribution in [1.29, 1.82) is 0 Å². The van der Waals surface area contributed by atoms with Gasteiger partial charge in [0, 0.05) is 0 Å². The lowest BCUT2D eigenvalue weighted by Crippen LogP contribution is -2.31. The van der Waals surface area contributed by atoms with Crippen molar-refractivity contribution < 1.29 is 4.79 Å². The van der Waals surface area contributed by atoms with E-state index in [2.05, 4.69) is 5.32 Å². The zero-order chi connectivity index (χ0) is 6.57. The molecule has 0 spiro atoms. The van der Waals surface area contributed by atoms with Crippen molar-refractivity contribution in [2.24, 2.45) is 0 Å². The average molecular weight is 115 g/mol. The molecule has 0 amide bonds. The van der Waals surface area contributed by atoms with E-state index in [1.165, 1.54) is 0 Å². The second-order valence-corrected chi connectivity index (χ2v) is 1.89. The first kappa shape index (κ1) is 7.63. The van der Waals surface area contributed by atoms with Crippen LogP contribution in [0, 0.1) is 0 Å². The molecular weight excluding hydrogens is 102 g/mol. The highest BCUT2D eigenvalue weighted by Gasteiger charge is 2.02. The monoisotopic (exact) mass is 115 g/mol. The minimum absolute atomic E-state index is 0.0278. The molecule has 0 unspecified atom stereocenters. The van der Waals surface area contributed by atoms with Gasteiger partial charge in [0.2, 0.25) is 0 Å². The Labute approximate surface area is 50.3 Å². The van der Waals surface area contributed by atoms with Gasteiger partial charge >= 0.3 is 0 Å². The van der Waals surface area contributed by atoms with Gasteiger partial charge < -0.3 is 5.32 Å². The molecule has 0 saturated carbocycles. The predicted molar refractivity (Wildman–Crippen MR) is 33.8 cm³/mol. The molecule has 0 aromatic heterocycles. The van der Waals surface area contributed by atoms with Crippen LogP contribution in [0.1, 0.15) is 20.8 Å². The quantitative estimate of drug-likeness (QED) is 0.582. The summed E-state index contributed by atoms with van der Waals surface area (Å²) in [4.78, 5) is 10.5. The lowest BCUT2D eigenvalue weighted by molar-refractivity contribution is -0.118. The maximum absolute atomic E-state index is 10.5. The van der Waals surface area contributed by atoms with Crippen LogP contribution in [0.25, 0.3) is 0 Å². The molecule has 8 heavy (non-hydrogen) atoms. The Kier molecular flexibility index (Phi) is 3.44. The maximum Gasteiger partial charge on any atom is 0.146 e. The summed E-state index contributed by atoms with van der Waals surface area (Å²) >= 11 is 0. The van der Waals surface area contributed by atoms with Crippen molar-refractivity contribution in [2.75, 3.05) is 6.54 Å². The highest BCUT2D eigenvalue weighted by Crippen LogP contribution is 1.80. The number of likely N-dealkylation sites (N-methyl/N-ethyl adjacent to an activating group) is 1. The van der Waals surface area contributed by atoms with Crippen LogP contribution in [0.2, 0.25) is 0 Å². The summed E-state index contributed by atoms with van der Waals surface area (Å²) in [7, 11) is 0. The summed E-state index contributed by atoms with van der Waals surface area (Å²) in [6.07, 6.45) is 0. The van der Waals surface area contributed by atoms with Gasteiger partial charge in [-0.3, -0.25) is 4.79 Å². The molecule has 0 aromatic carbocycles. The molecular formula is C6H13NO. The number of ketones is 1. The third-order valence-corrected chi connectivity index (χ3v) is 1.12. The van der Waals surface area contributed by atoms with E-state index in [-0.39, 0.29) is 11.8 Å². The Morgan fingerprint density at radius 2 is 2.25 bits per heavy atom. The van der Waals surface area contributed by atoms with E-state index in [0.29, 0.717) is 0 Å². The van der Waals surface area contributed by atoms with Crippen LogP contribution in [0.15, 0.2) is 0 Å². The molecule has 1 N–H and O–H groups in total. The summed E-state index contributed by atoms with van der Waals surface area (Å²) in [5.41, 5.74) is 0. The molecule has 0 aliphatic rings. The molecule has 1 atom stereocenters. The minimum atomic E-state index is 0.0278. The molecule has 0 fully saturated rings. The molecule has 0 rings (SSSR count). The number of carbonyl (C=O) groups excluding carboxylic acids is 1. The van der Waals surface area contributed by atoms with Crippen molar-refractivity contribution in [2.45, 2.75) is 26.8 Å². The lowest BCUT2D eigenvalue weighted by Gasteiger charge is -2.05. The van der Waals surface area contributed by atoms with Gasteiger partial charge in [0.1, 0.15) is 5.78 Å². The van der Waals surface area contributed by atoms with E-state index < -0.39 is 0 Å². The van der Waals surface area contributed by atoms with Crippen LogP contribution in [0.4, 0.5) is 0 Å². The van der Waals surface area contributed by atoms with Gasteiger partial charge in [-0.1, -0.05) is 6.92 Å². The molecule has 48 valence electrons. The zero-order valence-electron chi connectivity index (χ0n) is 5.69. The van der Waals surface area contributed by atoms with Gasteiger partial charge in [-0.25, -0.2) is 0 Å². The predicted octanol–water partition coefficient (Wildman–Crippen LogP) is 0.573. The van der Waals surface area contributed by atoms with Gasteiger partial charge in [0.15, 0.2) is 0 Å². The second-order valence-electron chi connectivity index (χ2n) is 1.89. The number of hydrogen-bond donors (Lipinski definition) is 1. The van der Waals surface area contributed by atoms with E-state index in [1.807, 2.05) is 13.8 Å². The van der Waals surface area contributed by atoms with Gasteiger partial charge in [-0.2, -0.15) is 0 Å². The van der Waals surface area contributed by atoms with Crippen LogP contribution in [0.5, 0.6) is 0 Å². The number of hydrogen-bond acceptors (Lipinski definition) is 2. The van der Waals surface area contributed by atoms with Crippen molar-refractivity contribution in [3.8, 4) is 0 Å². The summed E-state index contributed by atoms with van der Waals surface area (Å²) in [5.74, 6) is 0.201. The zero-order valence-corrected chi connectivity index (χ0v) is 5.69. The molecule has 2 heteroatoms. The molecule has 0 radical (unpaired) electrons. The summed E-state index contributed by atoms with van der Waals surface area (Å²) in [6, 6.07) is 0.0278. The third kappa shape index (κ3) is 2.75. The maximum atomic E-state index is 10.5. The fraction of sp³-hybridized carbons (Fsp3) is 0.833. The second kappa shape index (κ2) is 3.61. The first-order valence-corrected chi connectivity index (χ1v) is 2.92. The molecule has 0 aliphatic heterocycles. The fourth-order valence-electron chi connectivity index (χ4n) is 0.450. The van der Waals surface area contributed by atoms with Gasteiger partial charge in [-0.15, -0.1) is 0 Å². The Morgan fingerprint density at radius 1 is 1.75 bits per heavy atom.